The first-order chi connectivity index (χ1) is 6.26. The first-order valence-electron chi connectivity index (χ1n) is 4.86. The highest BCUT2D eigenvalue weighted by Crippen LogP contribution is 2.17. The Morgan fingerprint density at radius 2 is 2.38 bits per heavy atom. The van der Waals surface area contributed by atoms with E-state index in [1.165, 1.54) is 0 Å². The lowest BCUT2D eigenvalue weighted by Crippen LogP contribution is -2.29. The number of rotatable bonds is 4. The van der Waals surface area contributed by atoms with Crippen molar-refractivity contribution in [1.29, 1.82) is 0 Å². The van der Waals surface area contributed by atoms with E-state index in [2.05, 4.69) is 29.9 Å². The van der Waals surface area contributed by atoms with Crippen molar-refractivity contribution < 1.29 is 0 Å². The Labute approximate surface area is 80.8 Å². The van der Waals surface area contributed by atoms with Gasteiger partial charge in [0.2, 0.25) is 0 Å². The molecule has 0 saturated heterocycles. The molecule has 1 rings (SSSR count). The van der Waals surface area contributed by atoms with Gasteiger partial charge in [-0.1, -0.05) is 25.0 Å². The summed E-state index contributed by atoms with van der Waals surface area (Å²) in [6.07, 6.45) is 10.6. The van der Waals surface area contributed by atoms with Crippen LogP contribution < -0.4 is 5.73 Å². The van der Waals surface area contributed by atoms with Crippen LogP contribution in [0.3, 0.4) is 0 Å². The second-order valence-corrected chi connectivity index (χ2v) is 3.58. The maximum Gasteiger partial charge on any atom is 0.0599 e. The maximum absolute atomic E-state index is 5.77. The van der Waals surface area contributed by atoms with Crippen LogP contribution >= 0.6 is 0 Å². The van der Waals surface area contributed by atoms with Crippen LogP contribution in [-0.2, 0) is 0 Å². The summed E-state index contributed by atoms with van der Waals surface area (Å²) < 4.78 is 0. The van der Waals surface area contributed by atoms with Gasteiger partial charge >= 0.3 is 0 Å². The fraction of sp³-hybridized carbons (Fsp3) is 0.636. The molecule has 1 aliphatic rings. The Hall–Kier alpha value is -0.780. The lowest BCUT2D eigenvalue weighted by Gasteiger charge is -2.21. The predicted octanol–water partition coefficient (Wildman–Crippen LogP) is 0.845. The van der Waals surface area contributed by atoms with Crippen LogP contribution in [0.25, 0.3) is 0 Å². The van der Waals surface area contributed by atoms with E-state index in [-0.39, 0.29) is 6.04 Å². The van der Waals surface area contributed by atoms with Crippen molar-refractivity contribution in [2.24, 2.45) is 11.7 Å². The molecule has 2 unspecified atom stereocenters. The molecule has 0 amide bonds. The monoisotopic (exact) mass is 178 g/mol. The van der Waals surface area contributed by atoms with E-state index in [9.17, 15) is 0 Å². The van der Waals surface area contributed by atoms with Gasteiger partial charge in [-0.15, -0.1) is 6.42 Å². The highest BCUT2D eigenvalue weighted by atomic mass is 15.1. The Balaban J connectivity index is 2.31. The topological polar surface area (TPSA) is 29.3 Å². The van der Waals surface area contributed by atoms with Crippen LogP contribution in [-0.4, -0.2) is 30.6 Å². The van der Waals surface area contributed by atoms with E-state index in [4.69, 9.17) is 12.2 Å². The molecule has 1 aliphatic carbocycles. The molecule has 2 atom stereocenters. The molecule has 13 heavy (non-hydrogen) atoms. The zero-order valence-electron chi connectivity index (χ0n) is 8.24. The summed E-state index contributed by atoms with van der Waals surface area (Å²) in [5.74, 6) is 3.27. The third kappa shape index (κ3) is 3.22. The van der Waals surface area contributed by atoms with E-state index in [0.29, 0.717) is 5.92 Å². The van der Waals surface area contributed by atoms with E-state index >= 15 is 0 Å². The van der Waals surface area contributed by atoms with Gasteiger partial charge in [-0.25, -0.2) is 0 Å². The Morgan fingerprint density at radius 1 is 1.62 bits per heavy atom. The Kier molecular flexibility index (Phi) is 4.01. The molecule has 2 heteroatoms. The van der Waals surface area contributed by atoms with E-state index in [1.54, 1.807) is 0 Å². The minimum Gasteiger partial charge on any atom is -0.324 e. The van der Waals surface area contributed by atoms with Crippen LogP contribution in [0.1, 0.15) is 13.3 Å². The summed E-state index contributed by atoms with van der Waals surface area (Å²) in [7, 11) is 0. The molecule has 0 fully saturated rings. The van der Waals surface area contributed by atoms with E-state index in [1.807, 2.05) is 0 Å². The molecular weight excluding hydrogens is 160 g/mol. The maximum atomic E-state index is 5.77. The van der Waals surface area contributed by atoms with Crippen LogP contribution in [0.5, 0.6) is 0 Å². The molecule has 0 radical (unpaired) electrons. The fourth-order valence-corrected chi connectivity index (χ4v) is 1.71. The quantitative estimate of drug-likeness (QED) is 0.511. The van der Waals surface area contributed by atoms with Gasteiger partial charge in [-0.05, 0) is 18.9 Å². The van der Waals surface area contributed by atoms with Gasteiger partial charge in [-0.2, -0.15) is 0 Å². The summed E-state index contributed by atoms with van der Waals surface area (Å²) in [6.45, 7) is 4.95. The minimum atomic E-state index is 0.259. The van der Waals surface area contributed by atoms with Gasteiger partial charge in [0, 0.05) is 12.6 Å². The average molecular weight is 178 g/mol. The molecule has 2 nitrogen and oxygen atoms in total. The Bertz CT molecular complexity index is 215. The molecule has 0 aromatic rings. The highest BCUT2D eigenvalue weighted by Gasteiger charge is 2.17. The number of terminal acetylenes is 1. The normalized spacial score (nSPS) is 26.6. The fourth-order valence-electron chi connectivity index (χ4n) is 1.71. The summed E-state index contributed by atoms with van der Waals surface area (Å²) in [5, 5.41) is 0. The molecule has 0 aromatic heterocycles. The predicted molar refractivity (Wildman–Crippen MR) is 56.2 cm³/mol. The smallest absolute Gasteiger partial charge is 0.0599 e. The molecule has 0 spiro atoms. The van der Waals surface area contributed by atoms with Crippen LogP contribution in [0.2, 0.25) is 0 Å². The van der Waals surface area contributed by atoms with Gasteiger partial charge in [0.15, 0.2) is 0 Å². The second kappa shape index (κ2) is 5.06. The van der Waals surface area contributed by atoms with Gasteiger partial charge in [0.1, 0.15) is 0 Å². The molecule has 0 aromatic carbocycles. The molecular formula is C11H18N2. The first-order valence-corrected chi connectivity index (χ1v) is 4.86. The molecule has 0 saturated carbocycles. The molecule has 2 N–H and O–H groups in total. The number of nitrogens with zero attached hydrogens (tertiary/aromatic N) is 1. The largest absolute Gasteiger partial charge is 0.324 e. The van der Waals surface area contributed by atoms with E-state index in [0.717, 1.165) is 26.1 Å². The lowest BCUT2D eigenvalue weighted by atomic mass is 10.1. The highest BCUT2D eigenvalue weighted by molar-refractivity contribution is 5.05. The first kappa shape index (κ1) is 10.3. The van der Waals surface area contributed by atoms with Crippen molar-refractivity contribution >= 4 is 0 Å². The molecule has 0 bridgehead atoms. The van der Waals surface area contributed by atoms with Crippen molar-refractivity contribution in [1.82, 2.24) is 4.90 Å². The van der Waals surface area contributed by atoms with Crippen LogP contribution in [0, 0.1) is 18.3 Å². The van der Waals surface area contributed by atoms with Crippen molar-refractivity contribution in [2.45, 2.75) is 19.4 Å². The van der Waals surface area contributed by atoms with Gasteiger partial charge in [-0.3, -0.25) is 4.90 Å². The summed E-state index contributed by atoms with van der Waals surface area (Å²) in [4.78, 5) is 2.27. The lowest BCUT2D eigenvalue weighted by molar-refractivity contribution is 0.286. The zero-order valence-corrected chi connectivity index (χ0v) is 8.24. The number of nitrogens with two attached hydrogens (primary N) is 1. The SMILES string of the molecule is C#CCN(CC)CC1C=CC(N)C1. The third-order valence-corrected chi connectivity index (χ3v) is 2.46. The van der Waals surface area contributed by atoms with Crippen LogP contribution in [0.4, 0.5) is 0 Å². The van der Waals surface area contributed by atoms with Crippen LogP contribution in [0.15, 0.2) is 12.2 Å². The zero-order chi connectivity index (χ0) is 9.68. The summed E-state index contributed by atoms with van der Waals surface area (Å²) in [6, 6.07) is 0.259. The number of hydrogen-bond acceptors (Lipinski definition) is 2. The average Bonchev–Trinajstić information content (AvgIpc) is 2.50. The Morgan fingerprint density at radius 3 is 2.85 bits per heavy atom. The summed E-state index contributed by atoms with van der Waals surface area (Å²) >= 11 is 0. The van der Waals surface area contributed by atoms with Crippen molar-refractivity contribution in [3.8, 4) is 12.3 Å². The van der Waals surface area contributed by atoms with Crippen molar-refractivity contribution in [3.63, 3.8) is 0 Å². The van der Waals surface area contributed by atoms with Gasteiger partial charge < -0.3 is 5.73 Å². The number of hydrogen-bond donors (Lipinski definition) is 1. The van der Waals surface area contributed by atoms with Crippen molar-refractivity contribution in [2.75, 3.05) is 19.6 Å². The van der Waals surface area contributed by atoms with E-state index < -0.39 is 0 Å². The van der Waals surface area contributed by atoms with Gasteiger partial charge in [0.05, 0.1) is 6.54 Å². The molecule has 0 heterocycles. The third-order valence-electron chi connectivity index (χ3n) is 2.46. The standard InChI is InChI=1S/C11H18N2/c1-3-7-13(4-2)9-10-5-6-11(12)8-10/h1,5-6,10-11H,4,7-9,12H2,2H3. The molecule has 72 valence electrons. The van der Waals surface area contributed by atoms with Crippen molar-refractivity contribution in [3.05, 3.63) is 12.2 Å². The molecule has 0 aliphatic heterocycles. The minimum absolute atomic E-state index is 0.259. The van der Waals surface area contributed by atoms with Gasteiger partial charge in [0.25, 0.3) is 0 Å². The summed E-state index contributed by atoms with van der Waals surface area (Å²) in [5.41, 5.74) is 5.77. The second-order valence-electron chi connectivity index (χ2n) is 3.58.